The van der Waals surface area contributed by atoms with Gasteiger partial charge in [-0.3, -0.25) is 0 Å². The molecule has 1 aromatic rings. The first kappa shape index (κ1) is 14.6. The molecule has 6 heteroatoms. The second-order valence-corrected chi connectivity index (χ2v) is 4.76. The molecule has 1 aliphatic rings. The Hall–Kier alpha value is -1.79. The summed E-state index contributed by atoms with van der Waals surface area (Å²) in [7, 11) is 1.54. The summed E-state index contributed by atoms with van der Waals surface area (Å²) in [6, 6.07) is 5.49. The summed E-state index contributed by atoms with van der Waals surface area (Å²) in [5.41, 5.74) is 7.14. The second kappa shape index (κ2) is 7.12. The quantitative estimate of drug-likeness (QED) is 0.355. The maximum Gasteiger partial charge on any atom is 0.173 e. The highest BCUT2D eigenvalue weighted by Gasteiger charge is 2.15. The van der Waals surface area contributed by atoms with Gasteiger partial charge in [0.15, 0.2) is 5.84 Å². The van der Waals surface area contributed by atoms with Gasteiger partial charge in [-0.2, -0.15) is 0 Å². The molecular weight excluding hydrogens is 260 g/mol. The highest BCUT2D eigenvalue weighted by molar-refractivity contribution is 5.99. The largest absolute Gasteiger partial charge is 0.496 e. The number of hydrogen-bond acceptors (Lipinski definition) is 5. The highest BCUT2D eigenvalue weighted by Crippen LogP contribution is 2.20. The van der Waals surface area contributed by atoms with Crippen molar-refractivity contribution < 1.29 is 19.4 Å². The first-order valence-electron chi connectivity index (χ1n) is 6.55. The van der Waals surface area contributed by atoms with Crippen LogP contribution in [0.1, 0.15) is 17.5 Å². The smallest absolute Gasteiger partial charge is 0.173 e. The van der Waals surface area contributed by atoms with Crippen molar-refractivity contribution in [2.45, 2.75) is 13.0 Å². The van der Waals surface area contributed by atoms with Crippen LogP contribution in [0.4, 0.5) is 0 Å². The molecule has 20 heavy (non-hydrogen) atoms. The Morgan fingerprint density at radius 1 is 1.55 bits per heavy atom. The van der Waals surface area contributed by atoms with Crippen LogP contribution in [0, 0.1) is 5.92 Å². The van der Waals surface area contributed by atoms with E-state index in [9.17, 15) is 0 Å². The van der Waals surface area contributed by atoms with Gasteiger partial charge in [-0.15, -0.1) is 0 Å². The van der Waals surface area contributed by atoms with Gasteiger partial charge >= 0.3 is 0 Å². The van der Waals surface area contributed by atoms with Crippen LogP contribution < -0.4 is 10.5 Å². The highest BCUT2D eigenvalue weighted by atomic mass is 16.5. The number of ether oxygens (including phenoxy) is 3. The minimum atomic E-state index is 0.0212. The van der Waals surface area contributed by atoms with Crippen molar-refractivity contribution in [3.8, 4) is 5.75 Å². The summed E-state index contributed by atoms with van der Waals surface area (Å²) in [6.07, 6.45) is 1.05. The third-order valence-corrected chi connectivity index (χ3v) is 3.29. The number of amidine groups is 1. The fourth-order valence-electron chi connectivity index (χ4n) is 2.16. The number of benzene rings is 1. The topological polar surface area (TPSA) is 86.3 Å². The molecule has 1 fully saturated rings. The maximum atomic E-state index is 8.78. The zero-order valence-corrected chi connectivity index (χ0v) is 11.5. The molecule has 1 heterocycles. The fourth-order valence-corrected chi connectivity index (χ4v) is 2.16. The first-order chi connectivity index (χ1) is 9.74. The summed E-state index contributed by atoms with van der Waals surface area (Å²) in [6.45, 7) is 2.76. The van der Waals surface area contributed by atoms with Crippen LogP contribution in [0.2, 0.25) is 0 Å². The summed E-state index contributed by atoms with van der Waals surface area (Å²) in [5, 5.41) is 11.8. The molecule has 2 rings (SSSR count). The standard InChI is InChI=1S/C14H20N2O4/c1-18-13-3-2-10(6-12(13)14(15)16-17)7-20-9-11-4-5-19-8-11/h2-3,6,11,17H,4-5,7-9H2,1H3,(H2,15,16). The molecule has 1 unspecified atom stereocenters. The average Bonchev–Trinajstić information content (AvgIpc) is 2.99. The van der Waals surface area contributed by atoms with Gasteiger partial charge in [-0.1, -0.05) is 11.2 Å². The van der Waals surface area contributed by atoms with Gasteiger partial charge in [0, 0.05) is 12.5 Å². The van der Waals surface area contributed by atoms with Crippen molar-refractivity contribution in [2.24, 2.45) is 16.8 Å². The molecule has 0 aliphatic carbocycles. The Morgan fingerprint density at radius 2 is 2.40 bits per heavy atom. The zero-order valence-electron chi connectivity index (χ0n) is 11.5. The molecule has 1 saturated heterocycles. The molecule has 0 bridgehead atoms. The minimum Gasteiger partial charge on any atom is -0.496 e. The van der Waals surface area contributed by atoms with E-state index in [0.29, 0.717) is 30.4 Å². The van der Waals surface area contributed by atoms with Crippen LogP contribution in [-0.2, 0) is 16.1 Å². The summed E-state index contributed by atoms with van der Waals surface area (Å²) >= 11 is 0. The third-order valence-electron chi connectivity index (χ3n) is 3.29. The van der Waals surface area contributed by atoms with E-state index in [1.54, 1.807) is 19.2 Å². The van der Waals surface area contributed by atoms with Gasteiger partial charge in [0.05, 0.1) is 32.5 Å². The van der Waals surface area contributed by atoms with Crippen LogP contribution in [-0.4, -0.2) is 38.0 Å². The predicted octanol–water partition coefficient (Wildman–Crippen LogP) is 1.34. The first-order valence-corrected chi connectivity index (χ1v) is 6.55. The van der Waals surface area contributed by atoms with Crippen LogP contribution in [0.3, 0.4) is 0 Å². The average molecular weight is 280 g/mol. The number of hydrogen-bond donors (Lipinski definition) is 2. The van der Waals surface area contributed by atoms with Gasteiger partial charge < -0.3 is 25.2 Å². The van der Waals surface area contributed by atoms with Gasteiger partial charge in [-0.05, 0) is 24.1 Å². The molecular formula is C14H20N2O4. The van der Waals surface area contributed by atoms with Crippen LogP contribution in [0.5, 0.6) is 5.75 Å². The van der Waals surface area contributed by atoms with E-state index in [0.717, 1.165) is 25.2 Å². The van der Waals surface area contributed by atoms with E-state index in [1.807, 2.05) is 6.07 Å². The van der Waals surface area contributed by atoms with Crippen molar-refractivity contribution in [1.29, 1.82) is 0 Å². The minimum absolute atomic E-state index is 0.0212. The van der Waals surface area contributed by atoms with E-state index in [-0.39, 0.29) is 5.84 Å². The Labute approximate surface area is 118 Å². The predicted molar refractivity (Wildman–Crippen MR) is 74.1 cm³/mol. The Kier molecular flexibility index (Phi) is 5.20. The molecule has 1 atom stereocenters. The van der Waals surface area contributed by atoms with Gasteiger partial charge in [0.2, 0.25) is 0 Å². The molecule has 0 radical (unpaired) electrons. The Bertz CT molecular complexity index is 470. The lowest BCUT2D eigenvalue weighted by molar-refractivity contribution is 0.0791. The maximum absolute atomic E-state index is 8.78. The monoisotopic (exact) mass is 280 g/mol. The fraction of sp³-hybridized carbons (Fsp3) is 0.500. The zero-order chi connectivity index (χ0) is 14.4. The molecule has 1 aromatic carbocycles. The van der Waals surface area contributed by atoms with Crippen LogP contribution in [0.25, 0.3) is 0 Å². The number of rotatable bonds is 6. The second-order valence-electron chi connectivity index (χ2n) is 4.76. The Balaban J connectivity index is 1.97. The molecule has 0 saturated carbocycles. The lowest BCUT2D eigenvalue weighted by Gasteiger charge is -2.11. The molecule has 0 aromatic heterocycles. The molecule has 6 nitrogen and oxygen atoms in total. The van der Waals surface area contributed by atoms with Gasteiger partial charge in [-0.25, -0.2) is 0 Å². The van der Waals surface area contributed by atoms with Crippen LogP contribution in [0.15, 0.2) is 23.4 Å². The summed E-state index contributed by atoms with van der Waals surface area (Å²) in [4.78, 5) is 0. The van der Waals surface area contributed by atoms with Gasteiger partial charge in [0.1, 0.15) is 5.75 Å². The van der Waals surface area contributed by atoms with Crippen molar-refractivity contribution in [3.05, 3.63) is 29.3 Å². The number of nitrogens with two attached hydrogens (primary N) is 1. The number of methoxy groups -OCH3 is 1. The van der Waals surface area contributed by atoms with Crippen molar-refractivity contribution in [2.75, 3.05) is 26.9 Å². The van der Waals surface area contributed by atoms with E-state index < -0.39 is 0 Å². The van der Waals surface area contributed by atoms with E-state index in [2.05, 4.69) is 5.16 Å². The van der Waals surface area contributed by atoms with Crippen molar-refractivity contribution in [3.63, 3.8) is 0 Å². The molecule has 1 aliphatic heterocycles. The third kappa shape index (κ3) is 3.61. The normalized spacial score (nSPS) is 19.2. The molecule has 0 spiro atoms. The lowest BCUT2D eigenvalue weighted by atomic mass is 10.1. The van der Waals surface area contributed by atoms with E-state index in [1.165, 1.54) is 0 Å². The van der Waals surface area contributed by atoms with Crippen molar-refractivity contribution >= 4 is 5.84 Å². The van der Waals surface area contributed by atoms with Crippen molar-refractivity contribution in [1.82, 2.24) is 0 Å². The van der Waals surface area contributed by atoms with E-state index in [4.69, 9.17) is 25.2 Å². The van der Waals surface area contributed by atoms with E-state index >= 15 is 0 Å². The SMILES string of the molecule is COc1ccc(COCC2CCOC2)cc1C(N)=NO. The number of nitrogens with zero attached hydrogens (tertiary/aromatic N) is 1. The van der Waals surface area contributed by atoms with Crippen LogP contribution >= 0.6 is 0 Å². The lowest BCUT2D eigenvalue weighted by Crippen LogP contribution is -2.15. The summed E-state index contributed by atoms with van der Waals surface area (Å²) in [5.74, 6) is 1.07. The summed E-state index contributed by atoms with van der Waals surface area (Å²) < 4.78 is 16.2. The number of oxime groups is 1. The Morgan fingerprint density at radius 3 is 3.05 bits per heavy atom. The molecule has 0 amide bonds. The molecule has 110 valence electrons. The van der Waals surface area contributed by atoms with Gasteiger partial charge in [0.25, 0.3) is 0 Å². The molecule has 3 N–H and O–H groups in total.